The first-order valence-electron chi connectivity index (χ1n) is 2.47. The minimum atomic E-state index is 0. The second-order valence-corrected chi connectivity index (χ2v) is 1.70. The second kappa shape index (κ2) is 5.20. The van der Waals surface area contributed by atoms with Crippen molar-refractivity contribution in [1.82, 2.24) is 4.98 Å². The molecule has 6 N–H and O–H groups in total. The molecule has 11 heavy (non-hydrogen) atoms. The molecule has 6 heteroatoms. The summed E-state index contributed by atoms with van der Waals surface area (Å²) in [6, 6.07) is 1.60. The number of rotatable bonds is 0. The molecule has 0 spiro atoms. The molecule has 64 valence electrons. The summed E-state index contributed by atoms with van der Waals surface area (Å²) in [5, 5.41) is 0. The second-order valence-electron chi connectivity index (χ2n) is 1.70. The number of halogens is 2. The zero-order chi connectivity index (χ0) is 6.85. The van der Waals surface area contributed by atoms with Gasteiger partial charge in [-0.3, -0.25) is 0 Å². The molecule has 0 aliphatic rings. The van der Waals surface area contributed by atoms with Crippen molar-refractivity contribution >= 4 is 51.2 Å². The summed E-state index contributed by atoms with van der Waals surface area (Å²) in [6.45, 7) is 0. The Kier molecular flexibility index (Phi) is 6.20. The van der Waals surface area contributed by atoms with Gasteiger partial charge in [-0.15, -0.1) is 34.0 Å². The molecule has 0 fully saturated rings. The highest BCUT2D eigenvalue weighted by molar-refractivity contribution is 8.93. The van der Waals surface area contributed by atoms with Crippen molar-refractivity contribution in [2.24, 2.45) is 0 Å². The van der Waals surface area contributed by atoms with Crippen LogP contribution in [0.4, 0.5) is 17.2 Å². The normalized spacial score (nSPS) is 7.64. The largest absolute Gasteiger partial charge is 0.397 e. The molecular weight excluding hydrogens is 276 g/mol. The minimum Gasteiger partial charge on any atom is -0.397 e. The first-order valence-corrected chi connectivity index (χ1v) is 2.47. The van der Waals surface area contributed by atoms with Crippen LogP contribution in [0.15, 0.2) is 12.3 Å². The van der Waals surface area contributed by atoms with Crippen molar-refractivity contribution in [3.8, 4) is 0 Å². The molecule has 4 nitrogen and oxygen atoms in total. The van der Waals surface area contributed by atoms with Gasteiger partial charge in [0.2, 0.25) is 0 Å². The van der Waals surface area contributed by atoms with E-state index in [4.69, 9.17) is 17.2 Å². The highest BCUT2D eigenvalue weighted by Crippen LogP contribution is 2.17. The van der Waals surface area contributed by atoms with Crippen LogP contribution in [0.25, 0.3) is 0 Å². The molecule has 1 aromatic rings. The lowest BCUT2D eigenvalue weighted by molar-refractivity contribution is 1.34. The van der Waals surface area contributed by atoms with Crippen LogP contribution in [0.1, 0.15) is 0 Å². The third-order valence-corrected chi connectivity index (χ3v) is 1.05. The third-order valence-electron chi connectivity index (χ3n) is 1.05. The van der Waals surface area contributed by atoms with E-state index in [-0.39, 0.29) is 39.8 Å². The summed E-state index contributed by atoms with van der Waals surface area (Å²) in [4.78, 5) is 3.71. The Morgan fingerprint density at radius 2 is 1.64 bits per heavy atom. The number of hydrogen-bond donors (Lipinski definition) is 3. The number of nitrogens with zero attached hydrogens (tertiary/aromatic N) is 1. The van der Waals surface area contributed by atoms with Gasteiger partial charge in [0.25, 0.3) is 0 Å². The minimum absolute atomic E-state index is 0. The fraction of sp³-hybridized carbons (Fsp3) is 0. The fourth-order valence-corrected chi connectivity index (χ4v) is 0.505. The zero-order valence-electron chi connectivity index (χ0n) is 5.65. The molecule has 0 atom stereocenters. The lowest BCUT2D eigenvalue weighted by atomic mass is 10.3. The van der Waals surface area contributed by atoms with E-state index in [1.54, 1.807) is 6.07 Å². The number of nitrogens with two attached hydrogens (primary N) is 3. The van der Waals surface area contributed by atoms with E-state index < -0.39 is 0 Å². The highest BCUT2D eigenvalue weighted by Gasteiger charge is 1.96. The SMILES string of the molecule is Br.Br.Nc1ccnc(N)c1N. The summed E-state index contributed by atoms with van der Waals surface area (Å²) in [5.74, 6) is 0.287. The van der Waals surface area contributed by atoms with E-state index in [1.807, 2.05) is 0 Å². The molecule has 1 rings (SSSR count). The van der Waals surface area contributed by atoms with Crippen LogP contribution in [-0.2, 0) is 0 Å². The van der Waals surface area contributed by atoms with E-state index in [1.165, 1.54) is 6.20 Å². The molecule has 0 saturated carbocycles. The number of nitrogen functional groups attached to an aromatic ring is 3. The van der Waals surface area contributed by atoms with Crippen molar-refractivity contribution in [2.75, 3.05) is 17.2 Å². The average Bonchev–Trinajstić information content (AvgIpc) is 1.83. The molecule has 0 radical (unpaired) electrons. The lowest BCUT2D eigenvalue weighted by Gasteiger charge is -1.99. The first-order chi connectivity index (χ1) is 4.22. The third kappa shape index (κ3) is 2.94. The maximum Gasteiger partial charge on any atom is 0.148 e. The highest BCUT2D eigenvalue weighted by atomic mass is 79.9. The van der Waals surface area contributed by atoms with Crippen LogP contribution in [0.3, 0.4) is 0 Å². The Morgan fingerprint density at radius 1 is 1.09 bits per heavy atom. The van der Waals surface area contributed by atoms with Gasteiger partial charge in [0.15, 0.2) is 0 Å². The number of aromatic nitrogens is 1. The zero-order valence-corrected chi connectivity index (χ0v) is 9.08. The summed E-state index contributed by atoms with van der Waals surface area (Å²) in [5.41, 5.74) is 16.9. The van der Waals surface area contributed by atoms with Gasteiger partial charge in [-0.05, 0) is 6.07 Å². The molecule has 0 aliphatic heterocycles. The molecule has 0 bridgehead atoms. The summed E-state index contributed by atoms with van der Waals surface area (Å²) in [7, 11) is 0. The molecular formula is C5H10Br2N4. The van der Waals surface area contributed by atoms with Crippen LogP contribution < -0.4 is 17.2 Å². The number of pyridine rings is 1. The van der Waals surface area contributed by atoms with E-state index in [0.717, 1.165) is 0 Å². The molecule has 0 saturated heterocycles. The topological polar surface area (TPSA) is 90.9 Å². The van der Waals surface area contributed by atoms with Crippen molar-refractivity contribution in [3.05, 3.63) is 12.3 Å². The fourth-order valence-electron chi connectivity index (χ4n) is 0.505. The summed E-state index contributed by atoms with van der Waals surface area (Å²) >= 11 is 0. The molecule has 0 amide bonds. The Labute approximate surface area is 85.7 Å². The summed E-state index contributed by atoms with van der Waals surface area (Å²) < 4.78 is 0. The molecule has 0 aromatic carbocycles. The van der Waals surface area contributed by atoms with Gasteiger partial charge in [-0.1, -0.05) is 0 Å². The van der Waals surface area contributed by atoms with Crippen LogP contribution >= 0.6 is 34.0 Å². The predicted molar refractivity (Wildman–Crippen MR) is 58.1 cm³/mol. The van der Waals surface area contributed by atoms with E-state index in [2.05, 4.69) is 4.98 Å². The number of hydrogen-bond acceptors (Lipinski definition) is 4. The Morgan fingerprint density at radius 3 is 2.00 bits per heavy atom. The van der Waals surface area contributed by atoms with E-state index >= 15 is 0 Å². The van der Waals surface area contributed by atoms with Gasteiger partial charge >= 0.3 is 0 Å². The van der Waals surface area contributed by atoms with Crippen molar-refractivity contribution in [1.29, 1.82) is 0 Å². The first kappa shape index (κ1) is 13.1. The molecule has 1 aromatic heterocycles. The van der Waals surface area contributed by atoms with Crippen molar-refractivity contribution in [3.63, 3.8) is 0 Å². The molecule has 0 unspecified atom stereocenters. The predicted octanol–water partition coefficient (Wildman–Crippen LogP) is 0.984. The van der Waals surface area contributed by atoms with Crippen LogP contribution in [0.5, 0.6) is 0 Å². The maximum absolute atomic E-state index is 5.38. The summed E-state index contributed by atoms with van der Waals surface area (Å²) in [6.07, 6.45) is 1.51. The van der Waals surface area contributed by atoms with Gasteiger partial charge in [0.1, 0.15) is 5.82 Å². The van der Waals surface area contributed by atoms with E-state index in [9.17, 15) is 0 Å². The standard InChI is InChI=1S/C5H8N4.2BrH/c6-3-1-2-9-5(8)4(3)7;;/h1-2H,7H2,(H4,6,8,9);2*1H. The Balaban J connectivity index is 0. The Hall–Kier alpha value is -0.490. The monoisotopic (exact) mass is 284 g/mol. The van der Waals surface area contributed by atoms with Gasteiger partial charge < -0.3 is 17.2 Å². The average molecular weight is 286 g/mol. The molecule has 1 heterocycles. The molecule has 0 aliphatic carbocycles. The van der Waals surface area contributed by atoms with Crippen LogP contribution in [0.2, 0.25) is 0 Å². The van der Waals surface area contributed by atoms with Crippen molar-refractivity contribution in [2.45, 2.75) is 0 Å². The lowest BCUT2D eigenvalue weighted by Crippen LogP contribution is -2.01. The van der Waals surface area contributed by atoms with Gasteiger partial charge in [0, 0.05) is 6.20 Å². The quantitative estimate of drug-likeness (QED) is 0.663. The van der Waals surface area contributed by atoms with Crippen LogP contribution in [-0.4, -0.2) is 4.98 Å². The van der Waals surface area contributed by atoms with Gasteiger partial charge in [-0.2, -0.15) is 0 Å². The van der Waals surface area contributed by atoms with E-state index in [0.29, 0.717) is 11.4 Å². The van der Waals surface area contributed by atoms with Gasteiger partial charge in [-0.25, -0.2) is 4.98 Å². The maximum atomic E-state index is 5.38. The Bertz CT molecular complexity index is 207. The smallest absolute Gasteiger partial charge is 0.148 e. The van der Waals surface area contributed by atoms with Gasteiger partial charge in [0.05, 0.1) is 11.4 Å². The van der Waals surface area contributed by atoms with Crippen molar-refractivity contribution < 1.29 is 0 Å². The number of anilines is 3. The van der Waals surface area contributed by atoms with Crippen LogP contribution in [0, 0.1) is 0 Å².